The Morgan fingerprint density at radius 1 is 1.35 bits per heavy atom. The number of rotatable bonds is 5. The molecule has 4 heteroatoms. The van der Waals surface area contributed by atoms with Crippen LogP contribution in [0.1, 0.15) is 61.0 Å². The molecule has 1 aromatic rings. The lowest BCUT2D eigenvalue weighted by molar-refractivity contribution is -0.0154. The molecule has 3 nitrogen and oxygen atoms in total. The third-order valence-corrected chi connectivity index (χ3v) is 6.12. The Labute approximate surface area is 126 Å². The third-order valence-electron chi connectivity index (χ3n) is 4.79. The quantitative estimate of drug-likeness (QED) is 0.903. The maximum Gasteiger partial charge on any atom is 0.116 e. The summed E-state index contributed by atoms with van der Waals surface area (Å²) in [7, 11) is 1.86. The molecule has 1 saturated carbocycles. The molecule has 20 heavy (non-hydrogen) atoms. The van der Waals surface area contributed by atoms with Crippen LogP contribution in [0, 0.1) is 0 Å². The second-order valence-corrected chi connectivity index (χ2v) is 7.19. The number of nitrogens with one attached hydrogen (secondary N) is 1. The van der Waals surface area contributed by atoms with Crippen LogP contribution in [0.2, 0.25) is 0 Å². The lowest BCUT2D eigenvalue weighted by Gasteiger charge is -2.42. The van der Waals surface area contributed by atoms with Gasteiger partial charge in [0.15, 0.2) is 0 Å². The van der Waals surface area contributed by atoms with Gasteiger partial charge >= 0.3 is 0 Å². The minimum Gasteiger partial charge on any atom is -0.379 e. The molecule has 0 saturated heterocycles. The number of fused-ring (bicyclic) bond motifs is 1. The minimum absolute atomic E-state index is 0.0297. The van der Waals surface area contributed by atoms with Gasteiger partial charge in [-0.15, -0.1) is 11.3 Å². The van der Waals surface area contributed by atoms with Crippen LogP contribution in [-0.2, 0) is 23.1 Å². The summed E-state index contributed by atoms with van der Waals surface area (Å²) in [5, 5.41) is 5.11. The van der Waals surface area contributed by atoms with Crippen LogP contribution >= 0.6 is 11.3 Å². The van der Waals surface area contributed by atoms with E-state index >= 15 is 0 Å². The lowest BCUT2D eigenvalue weighted by Crippen LogP contribution is -2.54. The van der Waals surface area contributed by atoms with Crippen molar-refractivity contribution in [1.29, 1.82) is 0 Å². The van der Waals surface area contributed by atoms with Gasteiger partial charge in [-0.3, -0.25) is 0 Å². The van der Waals surface area contributed by atoms with E-state index < -0.39 is 0 Å². The minimum atomic E-state index is -0.0297. The first-order chi connectivity index (χ1) is 9.80. The summed E-state index contributed by atoms with van der Waals surface area (Å²) in [5.41, 5.74) is 1.33. The van der Waals surface area contributed by atoms with Crippen LogP contribution < -0.4 is 5.32 Å². The number of methoxy groups -OCH3 is 1. The smallest absolute Gasteiger partial charge is 0.116 e. The summed E-state index contributed by atoms with van der Waals surface area (Å²) in [6.45, 7) is 3.28. The van der Waals surface area contributed by atoms with Crippen molar-refractivity contribution < 1.29 is 4.74 Å². The maximum absolute atomic E-state index is 5.86. The number of aryl methyl sites for hydroxylation is 2. The van der Waals surface area contributed by atoms with Gasteiger partial charge in [0, 0.05) is 12.0 Å². The molecule has 2 aliphatic carbocycles. The van der Waals surface area contributed by atoms with Gasteiger partial charge in [0.05, 0.1) is 17.3 Å². The molecule has 1 N–H and O–H groups in total. The predicted molar refractivity (Wildman–Crippen MR) is 83.4 cm³/mol. The van der Waals surface area contributed by atoms with Crippen molar-refractivity contribution in [2.45, 2.75) is 69.9 Å². The van der Waals surface area contributed by atoms with E-state index in [0.29, 0.717) is 0 Å². The molecule has 2 unspecified atom stereocenters. The molecular weight excluding hydrogens is 268 g/mol. The van der Waals surface area contributed by atoms with Crippen LogP contribution in [0.3, 0.4) is 0 Å². The molecule has 1 aromatic heterocycles. The maximum atomic E-state index is 5.86. The fraction of sp³-hybridized carbons (Fsp3) is 0.812. The van der Waals surface area contributed by atoms with E-state index in [-0.39, 0.29) is 11.6 Å². The Bertz CT molecular complexity index is 438. The van der Waals surface area contributed by atoms with Crippen molar-refractivity contribution in [2.75, 3.05) is 13.7 Å². The highest BCUT2D eigenvalue weighted by molar-refractivity contribution is 7.12. The van der Waals surface area contributed by atoms with E-state index in [4.69, 9.17) is 9.72 Å². The monoisotopic (exact) mass is 294 g/mol. The van der Waals surface area contributed by atoms with Gasteiger partial charge in [-0.1, -0.05) is 19.8 Å². The van der Waals surface area contributed by atoms with Gasteiger partial charge in [0.2, 0.25) is 0 Å². The van der Waals surface area contributed by atoms with Crippen LogP contribution in [0.25, 0.3) is 0 Å². The zero-order chi connectivity index (χ0) is 14.0. The average molecular weight is 294 g/mol. The highest BCUT2D eigenvalue weighted by atomic mass is 32.1. The van der Waals surface area contributed by atoms with Crippen molar-refractivity contribution in [3.63, 3.8) is 0 Å². The van der Waals surface area contributed by atoms with Crippen LogP contribution in [-0.4, -0.2) is 24.7 Å². The number of thiazole rings is 1. The van der Waals surface area contributed by atoms with Crippen molar-refractivity contribution in [2.24, 2.45) is 0 Å². The van der Waals surface area contributed by atoms with E-state index in [2.05, 4.69) is 12.2 Å². The molecule has 0 radical (unpaired) electrons. The first-order valence-electron chi connectivity index (χ1n) is 8.07. The third kappa shape index (κ3) is 2.42. The van der Waals surface area contributed by atoms with Crippen molar-refractivity contribution >= 4 is 11.3 Å². The number of ether oxygens (including phenoxy) is 1. The second kappa shape index (κ2) is 6.12. The summed E-state index contributed by atoms with van der Waals surface area (Å²) in [6.07, 6.45) is 9.99. The van der Waals surface area contributed by atoms with E-state index in [0.717, 1.165) is 25.8 Å². The molecule has 0 aliphatic heterocycles. The molecule has 0 bridgehead atoms. The molecule has 0 aromatic carbocycles. The van der Waals surface area contributed by atoms with Crippen molar-refractivity contribution in [3.05, 3.63) is 15.6 Å². The van der Waals surface area contributed by atoms with Crippen molar-refractivity contribution in [1.82, 2.24) is 10.3 Å². The summed E-state index contributed by atoms with van der Waals surface area (Å²) in [5.74, 6) is 0. The number of hydrogen-bond acceptors (Lipinski definition) is 4. The molecule has 2 atom stereocenters. The van der Waals surface area contributed by atoms with Gasteiger partial charge in [0.25, 0.3) is 0 Å². The van der Waals surface area contributed by atoms with Gasteiger partial charge in [0.1, 0.15) is 5.01 Å². The highest BCUT2D eigenvalue weighted by Gasteiger charge is 2.45. The van der Waals surface area contributed by atoms with E-state index in [1.54, 1.807) is 0 Å². The normalized spacial score (nSPS) is 29.6. The highest BCUT2D eigenvalue weighted by Crippen LogP contribution is 2.42. The largest absolute Gasteiger partial charge is 0.379 e. The standard InChI is InChI=1S/C16H26N2OS/c1-3-11-17-16(10-5-4-9-14(16)19-2)15-18-12-7-6-8-13(12)20-15/h14,17H,3-11H2,1-2H3. The zero-order valence-corrected chi connectivity index (χ0v) is 13.5. The fourth-order valence-electron chi connectivity index (χ4n) is 3.71. The SMILES string of the molecule is CCCNC1(c2nc3c(s2)CCC3)CCCCC1OC. The average Bonchev–Trinajstić information content (AvgIpc) is 3.06. The van der Waals surface area contributed by atoms with Gasteiger partial charge in [-0.2, -0.15) is 0 Å². The first-order valence-corrected chi connectivity index (χ1v) is 8.88. The number of hydrogen-bond donors (Lipinski definition) is 1. The molecule has 1 heterocycles. The summed E-state index contributed by atoms with van der Waals surface area (Å²) >= 11 is 1.94. The zero-order valence-electron chi connectivity index (χ0n) is 12.7. The number of nitrogens with zero attached hydrogens (tertiary/aromatic N) is 1. The van der Waals surface area contributed by atoms with Crippen LogP contribution in [0.15, 0.2) is 0 Å². The van der Waals surface area contributed by atoms with E-state index in [9.17, 15) is 0 Å². The predicted octanol–water partition coefficient (Wildman–Crippen LogP) is 3.42. The van der Waals surface area contributed by atoms with E-state index in [1.807, 2.05) is 18.4 Å². The Hall–Kier alpha value is -0.450. The second-order valence-electron chi connectivity index (χ2n) is 6.11. The van der Waals surface area contributed by atoms with Crippen molar-refractivity contribution in [3.8, 4) is 0 Å². The first kappa shape index (κ1) is 14.5. The molecule has 112 valence electrons. The van der Waals surface area contributed by atoms with Gasteiger partial charge in [-0.25, -0.2) is 4.98 Å². The van der Waals surface area contributed by atoms with Gasteiger partial charge in [-0.05, 0) is 45.1 Å². The summed E-state index contributed by atoms with van der Waals surface area (Å²) in [6, 6.07) is 0. The van der Waals surface area contributed by atoms with Crippen LogP contribution in [0.5, 0.6) is 0 Å². The lowest BCUT2D eigenvalue weighted by atomic mass is 9.79. The Balaban J connectivity index is 1.94. The van der Waals surface area contributed by atoms with Gasteiger partial charge < -0.3 is 10.1 Å². The molecular formula is C16H26N2OS. The molecule has 3 rings (SSSR count). The molecule has 0 spiro atoms. The summed E-state index contributed by atoms with van der Waals surface area (Å²) in [4.78, 5) is 6.54. The number of aromatic nitrogens is 1. The Morgan fingerprint density at radius 2 is 2.25 bits per heavy atom. The molecule has 2 aliphatic rings. The molecule has 0 amide bonds. The summed E-state index contributed by atoms with van der Waals surface area (Å²) < 4.78 is 5.86. The molecule has 1 fully saturated rings. The topological polar surface area (TPSA) is 34.2 Å². The Kier molecular flexibility index (Phi) is 4.43. The van der Waals surface area contributed by atoms with E-state index in [1.165, 1.54) is 47.7 Å². The fourth-order valence-corrected chi connectivity index (χ4v) is 5.10. The Morgan fingerprint density at radius 3 is 3.00 bits per heavy atom. The van der Waals surface area contributed by atoms with Crippen LogP contribution in [0.4, 0.5) is 0 Å².